The maximum atomic E-state index is 10.8. The van der Waals surface area contributed by atoms with Crippen LogP contribution in [-0.4, -0.2) is 16.3 Å². The minimum Gasteiger partial charge on any atom is -0.348 e. The number of rotatable bonds is 2. The van der Waals surface area contributed by atoms with Crippen molar-refractivity contribution in [3.63, 3.8) is 0 Å². The van der Waals surface area contributed by atoms with Gasteiger partial charge in [0.05, 0.1) is 5.41 Å². The van der Waals surface area contributed by atoms with Crippen molar-refractivity contribution in [1.29, 1.82) is 0 Å². The van der Waals surface area contributed by atoms with Gasteiger partial charge in [0.15, 0.2) is 0 Å². The SMILES string of the molecule is O=[C]C1(c2ncc[nH]2)CCCC1. The van der Waals surface area contributed by atoms with Crippen molar-refractivity contribution in [1.82, 2.24) is 9.97 Å². The molecule has 63 valence electrons. The van der Waals surface area contributed by atoms with Crippen LogP contribution in [0.4, 0.5) is 0 Å². The summed E-state index contributed by atoms with van der Waals surface area (Å²) in [7, 11) is 0. The van der Waals surface area contributed by atoms with E-state index in [0.717, 1.165) is 31.5 Å². The Kier molecular flexibility index (Phi) is 1.71. The maximum absolute atomic E-state index is 10.8. The lowest BCUT2D eigenvalue weighted by atomic mass is 9.87. The largest absolute Gasteiger partial charge is 0.348 e. The van der Waals surface area contributed by atoms with Crippen molar-refractivity contribution in [3.05, 3.63) is 18.2 Å². The summed E-state index contributed by atoms with van der Waals surface area (Å²) in [4.78, 5) is 18.0. The zero-order valence-electron chi connectivity index (χ0n) is 6.84. The van der Waals surface area contributed by atoms with Crippen molar-refractivity contribution in [3.8, 4) is 0 Å². The molecule has 3 heteroatoms. The molecule has 12 heavy (non-hydrogen) atoms. The van der Waals surface area contributed by atoms with Gasteiger partial charge in [-0.25, -0.2) is 4.98 Å². The Balaban J connectivity index is 2.34. The Morgan fingerprint density at radius 3 is 2.75 bits per heavy atom. The van der Waals surface area contributed by atoms with E-state index in [1.165, 1.54) is 0 Å². The summed E-state index contributed by atoms with van der Waals surface area (Å²) in [6.45, 7) is 0. The second-order valence-electron chi connectivity index (χ2n) is 3.33. The number of hydrogen-bond acceptors (Lipinski definition) is 2. The van der Waals surface area contributed by atoms with Gasteiger partial charge < -0.3 is 4.98 Å². The zero-order valence-corrected chi connectivity index (χ0v) is 6.84. The number of hydrogen-bond donors (Lipinski definition) is 1. The monoisotopic (exact) mass is 163 g/mol. The van der Waals surface area contributed by atoms with Crippen LogP contribution in [0.3, 0.4) is 0 Å². The third kappa shape index (κ3) is 0.967. The summed E-state index contributed by atoms with van der Waals surface area (Å²) in [5, 5.41) is 0. The standard InChI is InChI=1S/C9H11N2O/c12-7-9(3-1-2-4-9)8-10-5-6-11-8/h5-6H,1-4H2,(H,10,11). The van der Waals surface area contributed by atoms with Gasteiger partial charge in [0, 0.05) is 12.4 Å². The van der Waals surface area contributed by atoms with Crippen LogP contribution in [0, 0.1) is 0 Å². The van der Waals surface area contributed by atoms with Crippen LogP contribution in [0.15, 0.2) is 12.4 Å². The van der Waals surface area contributed by atoms with E-state index in [4.69, 9.17) is 0 Å². The smallest absolute Gasteiger partial charge is 0.213 e. The number of aromatic nitrogens is 2. The van der Waals surface area contributed by atoms with Crippen molar-refractivity contribution in [2.24, 2.45) is 0 Å². The Bertz CT molecular complexity index is 260. The van der Waals surface area contributed by atoms with Crippen LogP contribution in [0.1, 0.15) is 31.5 Å². The fourth-order valence-corrected chi connectivity index (χ4v) is 1.89. The highest BCUT2D eigenvalue weighted by atomic mass is 16.1. The molecule has 0 aliphatic heterocycles. The first kappa shape index (κ1) is 7.53. The third-order valence-corrected chi connectivity index (χ3v) is 2.60. The molecule has 2 rings (SSSR count). The van der Waals surface area contributed by atoms with Crippen LogP contribution in [0.2, 0.25) is 0 Å². The van der Waals surface area contributed by atoms with Gasteiger partial charge in [-0.3, -0.25) is 4.79 Å². The maximum Gasteiger partial charge on any atom is 0.213 e. The number of nitrogens with one attached hydrogen (secondary N) is 1. The molecule has 1 aliphatic rings. The first-order valence-corrected chi connectivity index (χ1v) is 4.27. The normalized spacial score (nSPS) is 21.0. The Labute approximate surface area is 71.2 Å². The third-order valence-electron chi connectivity index (χ3n) is 2.60. The lowest BCUT2D eigenvalue weighted by Gasteiger charge is -2.16. The van der Waals surface area contributed by atoms with E-state index >= 15 is 0 Å². The molecular formula is C9H11N2O. The van der Waals surface area contributed by atoms with Gasteiger partial charge in [0.2, 0.25) is 6.29 Å². The summed E-state index contributed by atoms with van der Waals surface area (Å²) in [6.07, 6.45) is 9.58. The predicted octanol–water partition coefficient (Wildman–Crippen LogP) is 1.33. The topological polar surface area (TPSA) is 45.8 Å². The lowest BCUT2D eigenvalue weighted by molar-refractivity contribution is 0.476. The minimum absolute atomic E-state index is 0.413. The van der Waals surface area contributed by atoms with E-state index < -0.39 is 5.41 Å². The van der Waals surface area contributed by atoms with Crippen LogP contribution in [-0.2, 0) is 10.2 Å². The van der Waals surface area contributed by atoms with Crippen molar-refractivity contribution < 1.29 is 4.79 Å². The molecule has 0 unspecified atom stereocenters. The van der Waals surface area contributed by atoms with Gasteiger partial charge in [-0.15, -0.1) is 0 Å². The number of nitrogens with zero attached hydrogens (tertiary/aromatic N) is 1. The molecule has 0 saturated heterocycles. The van der Waals surface area contributed by atoms with E-state index in [1.54, 1.807) is 12.4 Å². The predicted molar refractivity (Wildman–Crippen MR) is 44.4 cm³/mol. The molecule has 1 aromatic rings. The first-order valence-electron chi connectivity index (χ1n) is 4.27. The highest BCUT2D eigenvalue weighted by molar-refractivity contribution is 5.67. The summed E-state index contributed by atoms with van der Waals surface area (Å²) in [5.41, 5.74) is -0.413. The average Bonchev–Trinajstić information content (AvgIpc) is 2.76. The number of carbonyl (C=O) groups excluding carboxylic acids is 1. The molecule has 1 aliphatic carbocycles. The summed E-state index contributed by atoms with van der Waals surface area (Å²) in [5.74, 6) is 0.787. The van der Waals surface area contributed by atoms with Gasteiger partial charge in [-0.1, -0.05) is 12.8 Å². The van der Waals surface area contributed by atoms with Gasteiger partial charge in [-0.2, -0.15) is 0 Å². The van der Waals surface area contributed by atoms with E-state index in [1.807, 2.05) is 0 Å². The molecule has 1 radical (unpaired) electrons. The summed E-state index contributed by atoms with van der Waals surface area (Å²) < 4.78 is 0. The lowest BCUT2D eigenvalue weighted by Crippen LogP contribution is -2.25. The minimum atomic E-state index is -0.413. The van der Waals surface area contributed by atoms with E-state index in [-0.39, 0.29) is 0 Å². The molecule has 1 aromatic heterocycles. The molecule has 0 bridgehead atoms. The zero-order chi connectivity index (χ0) is 8.44. The fourth-order valence-electron chi connectivity index (χ4n) is 1.89. The number of imidazole rings is 1. The Morgan fingerprint density at radius 1 is 1.50 bits per heavy atom. The fraction of sp³-hybridized carbons (Fsp3) is 0.556. The van der Waals surface area contributed by atoms with Crippen LogP contribution >= 0.6 is 0 Å². The summed E-state index contributed by atoms with van der Waals surface area (Å²) >= 11 is 0. The molecular weight excluding hydrogens is 152 g/mol. The van der Waals surface area contributed by atoms with Crippen LogP contribution < -0.4 is 0 Å². The van der Waals surface area contributed by atoms with Gasteiger partial charge in [0.1, 0.15) is 5.82 Å². The van der Waals surface area contributed by atoms with Crippen molar-refractivity contribution in [2.75, 3.05) is 0 Å². The Morgan fingerprint density at radius 2 is 2.25 bits per heavy atom. The molecule has 0 aromatic carbocycles. The second kappa shape index (κ2) is 2.73. The number of aromatic amines is 1. The molecule has 0 amide bonds. The van der Waals surface area contributed by atoms with E-state index in [0.29, 0.717) is 0 Å². The molecule has 1 saturated carbocycles. The molecule has 0 spiro atoms. The Hall–Kier alpha value is -1.12. The van der Waals surface area contributed by atoms with Crippen molar-refractivity contribution in [2.45, 2.75) is 31.1 Å². The molecule has 1 N–H and O–H groups in total. The van der Waals surface area contributed by atoms with E-state index in [2.05, 4.69) is 16.3 Å². The summed E-state index contributed by atoms with van der Waals surface area (Å²) in [6, 6.07) is 0. The molecule has 3 nitrogen and oxygen atoms in total. The van der Waals surface area contributed by atoms with E-state index in [9.17, 15) is 4.79 Å². The second-order valence-corrected chi connectivity index (χ2v) is 3.33. The van der Waals surface area contributed by atoms with Crippen LogP contribution in [0.25, 0.3) is 0 Å². The van der Waals surface area contributed by atoms with Gasteiger partial charge >= 0.3 is 0 Å². The number of H-pyrrole nitrogens is 1. The highest BCUT2D eigenvalue weighted by Crippen LogP contribution is 2.37. The molecule has 1 fully saturated rings. The van der Waals surface area contributed by atoms with Crippen LogP contribution in [0.5, 0.6) is 0 Å². The van der Waals surface area contributed by atoms with Gasteiger partial charge in [-0.05, 0) is 12.8 Å². The van der Waals surface area contributed by atoms with Crippen molar-refractivity contribution >= 4 is 6.29 Å². The average molecular weight is 163 g/mol. The molecule has 0 atom stereocenters. The first-order chi connectivity index (χ1) is 5.87. The van der Waals surface area contributed by atoms with Gasteiger partial charge in [0.25, 0.3) is 0 Å². The quantitative estimate of drug-likeness (QED) is 0.714. The molecule has 1 heterocycles. The highest BCUT2D eigenvalue weighted by Gasteiger charge is 2.38.